The van der Waals surface area contributed by atoms with Gasteiger partial charge in [0.2, 0.25) is 27.7 Å². The number of rotatable bonds is 11. The summed E-state index contributed by atoms with van der Waals surface area (Å²) in [6.07, 6.45) is 2.66. The molecule has 0 spiro atoms. The second-order valence-electron chi connectivity index (χ2n) is 11.7. The van der Waals surface area contributed by atoms with Gasteiger partial charge in [-0.15, -0.1) is 0 Å². The van der Waals surface area contributed by atoms with Crippen molar-refractivity contribution >= 4 is 44.5 Å². The van der Waals surface area contributed by atoms with Gasteiger partial charge in [-0.25, -0.2) is 8.42 Å². The Bertz CT molecular complexity index is 1490. The molecule has 2 saturated heterocycles. The number of hydrogen-bond acceptors (Lipinski definition) is 7. The third kappa shape index (κ3) is 8.04. The van der Waals surface area contributed by atoms with Crippen LogP contribution in [0.4, 0.5) is 0 Å². The molecule has 13 nitrogen and oxygen atoms in total. The van der Waals surface area contributed by atoms with Gasteiger partial charge in [-0.05, 0) is 54.5 Å². The van der Waals surface area contributed by atoms with Gasteiger partial charge in [0, 0.05) is 38.8 Å². The number of piperidine rings is 1. The van der Waals surface area contributed by atoms with Crippen LogP contribution in [0.2, 0.25) is 0 Å². The van der Waals surface area contributed by atoms with Crippen LogP contribution < -0.4 is 15.8 Å². The lowest BCUT2D eigenvalue weighted by atomic mass is 9.98. The van der Waals surface area contributed by atoms with Crippen molar-refractivity contribution in [3.05, 3.63) is 42.5 Å². The monoisotopic (exact) mass is 627 g/mol. The van der Waals surface area contributed by atoms with Crippen LogP contribution in [-0.4, -0.2) is 111 Å². The number of nitrogens with one attached hydrogen (secondary N) is 3. The van der Waals surface area contributed by atoms with E-state index in [0.717, 1.165) is 23.6 Å². The number of nitrogens with zero attached hydrogens (tertiary/aromatic N) is 3. The second kappa shape index (κ2) is 13.9. The molecular formula is C30H41N7O6S. The van der Waals surface area contributed by atoms with E-state index in [1.165, 1.54) is 17.0 Å². The number of sulfonamides is 1. The molecular weight excluding hydrogens is 586 g/mol. The van der Waals surface area contributed by atoms with E-state index < -0.39 is 34.3 Å². The summed E-state index contributed by atoms with van der Waals surface area (Å²) in [7, 11) is -4.22. The Morgan fingerprint density at radius 3 is 2.45 bits per heavy atom. The third-order valence-electron chi connectivity index (χ3n) is 8.40. The van der Waals surface area contributed by atoms with Crippen LogP contribution in [0.25, 0.3) is 10.8 Å². The van der Waals surface area contributed by atoms with E-state index in [4.69, 9.17) is 15.9 Å². The zero-order valence-electron chi connectivity index (χ0n) is 24.7. The molecule has 3 amide bonds. The Balaban J connectivity index is 1.33. The average Bonchev–Trinajstić information content (AvgIpc) is 3.87. The van der Waals surface area contributed by atoms with E-state index >= 15 is 0 Å². The van der Waals surface area contributed by atoms with Gasteiger partial charge in [-0.3, -0.25) is 19.8 Å². The highest BCUT2D eigenvalue weighted by Gasteiger charge is 2.40. The SMILES string of the molecule is N=C(N)N1CCCC(CNC(=O)C[C@H](NS(=O)(=O)c2ccc3ccccc3c2)C(=O)N(CC(=O)N2CCOCC2)C2CC2)C1. The largest absolute Gasteiger partial charge is 0.378 e. The Kier molecular flexibility index (Phi) is 10.0. The number of amides is 3. The molecule has 2 aromatic rings. The fraction of sp³-hybridized carbons (Fsp3) is 0.533. The maximum Gasteiger partial charge on any atom is 0.242 e. The minimum absolute atomic E-state index is 0.0124. The first kappa shape index (κ1) is 31.7. The summed E-state index contributed by atoms with van der Waals surface area (Å²) in [5.41, 5.74) is 5.64. The van der Waals surface area contributed by atoms with E-state index in [1.54, 1.807) is 21.9 Å². The Morgan fingerprint density at radius 2 is 1.75 bits per heavy atom. The highest BCUT2D eigenvalue weighted by atomic mass is 32.2. The lowest BCUT2D eigenvalue weighted by Crippen LogP contribution is -2.54. The Morgan fingerprint density at radius 1 is 1.02 bits per heavy atom. The maximum atomic E-state index is 14.0. The lowest BCUT2D eigenvalue weighted by molar-refractivity contribution is -0.144. The maximum absolute atomic E-state index is 14.0. The summed E-state index contributed by atoms with van der Waals surface area (Å²) in [4.78, 5) is 45.1. The molecule has 44 heavy (non-hydrogen) atoms. The fourth-order valence-corrected chi connectivity index (χ4v) is 6.99. The molecule has 0 aromatic heterocycles. The van der Waals surface area contributed by atoms with E-state index in [0.29, 0.717) is 58.8 Å². The van der Waals surface area contributed by atoms with Crippen LogP contribution in [0.1, 0.15) is 32.1 Å². The molecule has 1 saturated carbocycles. The molecule has 238 valence electrons. The molecule has 2 aromatic carbocycles. The van der Waals surface area contributed by atoms with Crippen molar-refractivity contribution in [1.82, 2.24) is 24.7 Å². The number of morpholine rings is 1. The van der Waals surface area contributed by atoms with Gasteiger partial charge >= 0.3 is 0 Å². The third-order valence-corrected chi connectivity index (χ3v) is 9.87. The molecule has 5 rings (SSSR count). The summed E-state index contributed by atoms with van der Waals surface area (Å²) in [5.74, 6) is -1.27. The first-order valence-corrected chi connectivity index (χ1v) is 16.6. The van der Waals surface area contributed by atoms with Gasteiger partial charge in [0.1, 0.15) is 12.6 Å². The predicted molar refractivity (Wildman–Crippen MR) is 164 cm³/mol. The molecule has 2 heterocycles. The predicted octanol–water partition coefficient (Wildman–Crippen LogP) is 0.448. The quantitative estimate of drug-likeness (QED) is 0.205. The molecule has 2 aliphatic heterocycles. The van der Waals surface area contributed by atoms with E-state index in [9.17, 15) is 22.8 Å². The molecule has 3 fully saturated rings. The number of nitrogens with two attached hydrogens (primary N) is 1. The molecule has 5 N–H and O–H groups in total. The van der Waals surface area contributed by atoms with Crippen molar-refractivity contribution in [3.8, 4) is 0 Å². The first-order valence-electron chi connectivity index (χ1n) is 15.1. The van der Waals surface area contributed by atoms with Crippen molar-refractivity contribution in [2.45, 2.75) is 49.1 Å². The van der Waals surface area contributed by atoms with Crippen molar-refractivity contribution in [3.63, 3.8) is 0 Å². The minimum Gasteiger partial charge on any atom is -0.378 e. The van der Waals surface area contributed by atoms with Crippen molar-refractivity contribution < 1.29 is 27.5 Å². The zero-order chi connectivity index (χ0) is 31.3. The van der Waals surface area contributed by atoms with Gasteiger partial charge in [0.15, 0.2) is 5.96 Å². The molecule has 0 radical (unpaired) electrons. The number of carbonyl (C=O) groups is 3. The molecule has 14 heteroatoms. The Labute approximate surface area is 257 Å². The van der Waals surface area contributed by atoms with E-state index in [1.807, 2.05) is 18.2 Å². The van der Waals surface area contributed by atoms with Crippen LogP contribution in [-0.2, 0) is 29.1 Å². The summed E-state index contributed by atoms with van der Waals surface area (Å²) in [5, 5.41) is 12.1. The molecule has 3 aliphatic rings. The molecule has 0 bridgehead atoms. The zero-order valence-corrected chi connectivity index (χ0v) is 25.6. The van der Waals surface area contributed by atoms with Crippen LogP contribution in [0.15, 0.2) is 47.4 Å². The topological polar surface area (TPSA) is 178 Å². The van der Waals surface area contributed by atoms with Gasteiger partial charge in [-0.1, -0.05) is 30.3 Å². The molecule has 1 aliphatic carbocycles. The minimum atomic E-state index is -4.22. The van der Waals surface area contributed by atoms with Gasteiger partial charge in [-0.2, -0.15) is 4.72 Å². The number of fused-ring (bicyclic) bond motifs is 1. The number of guanidine groups is 1. The number of ether oxygens (including phenoxy) is 1. The average molecular weight is 628 g/mol. The smallest absolute Gasteiger partial charge is 0.242 e. The first-order chi connectivity index (χ1) is 21.1. The molecule has 2 atom stereocenters. The van der Waals surface area contributed by atoms with Crippen molar-refractivity contribution in [1.29, 1.82) is 5.41 Å². The normalized spacial score (nSPS) is 19.8. The standard InChI is InChI=1S/C30H41N7O6S/c31-30(32)36-11-3-4-21(19-36)18-33-27(38)17-26(34-44(41,42)25-10-7-22-5-1-2-6-23(22)16-25)29(40)37(24-8-9-24)20-28(39)35-12-14-43-15-13-35/h1-2,5-7,10,16,21,24,26,34H,3-4,8-9,11-15,17-20H2,(H3,31,32)(H,33,38)/t21?,26-/m0/s1. The van der Waals surface area contributed by atoms with Gasteiger partial charge in [0.05, 0.1) is 24.5 Å². The summed E-state index contributed by atoms with van der Waals surface area (Å²) >= 11 is 0. The highest BCUT2D eigenvalue weighted by Crippen LogP contribution is 2.28. The second-order valence-corrected chi connectivity index (χ2v) is 13.4. The van der Waals surface area contributed by atoms with Crippen LogP contribution in [0.3, 0.4) is 0 Å². The van der Waals surface area contributed by atoms with Crippen molar-refractivity contribution in [2.24, 2.45) is 11.7 Å². The van der Waals surface area contributed by atoms with Gasteiger partial charge < -0.3 is 30.5 Å². The fourth-order valence-electron chi connectivity index (χ4n) is 5.77. The number of likely N-dealkylation sites (tertiary alicyclic amines) is 1. The van der Waals surface area contributed by atoms with Crippen LogP contribution in [0.5, 0.6) is 0 Å². The van der Waals surface area contributed by atoms with Crippen molar-refractivity contribution in [2.75, 3.05) is 52.5 Å². The number of carbonyl (C=O) groups excluding carboxylic acids is 3. The van der Waals surface area contributed by atoms with E-state index in [2.05, 4.69) is 10.0 Å². The lowest BCUT2D eigenvalue weighted by Gasteiger charge is -2.33. The van der Waals surface area contributed by atoms with Crippen LogP contribution >= 0.6 is 0 Å². The number of hydrogen-bond donors (Lipinski definition) is 4. The Hall–Kier alpha value is -3.75. The van der Waals surface area contributed by atoms with E-state index in [-0.39, 0.29) is 35.3 Å². The highest BCUT2D eigenvalue weighted by molar-refractivity contribution is 7.89. The summed E-state index contributed by atoms with van der Waals surface area (Å²) < 4.78 is 35.1. The summed E-state index contributed by atoms with van der Waals surface area (Å²) in [6, 6.07) is 10.4. The van der Waals surface area contributed by atoms with Crippen LogP contribution in [0, 0.1) is 11.3 Å². The van der Waals surface area contributed by atoms with Gasteiger partial charge in [0.25, 0.3) is 0 Å². The molecule has 1 unspecified atom stereocenters. The number of benzene rings is 2. The summed E-state index contributed by atoms with van der Waals surface area (Å²) in [6.45, 7) is 3.03.